The van der Waals surface area contributed by atoms with Crippen LogP contribution in [0.1, 0.15) is 0 Å². The van der Waals surface area contributed by atoms with E-state index >= 15 is 0 Å². The second-order valence-electron chi connectivity index (χ2n) is 3.48. The minimum absolute atomic E-state index is 0.166. The van der Waals surface area contributed by atoms with Crippen LogP contribution in [0.15, 0.2) is 18.3 Å². The second-order valence-corrected chi connectivity index (χ2v) is 4.29. The highest BCUT2D eigenvalue weighted by molar-refractivity contribution is 6.37. The van der Waals surface area contributed by atoms with Gasteiger partial charge in [-0.15, -0.1) is 0 Å². The van der Waals surface area contributed by atoms with E-state index in [2.05, 4.69) is 9.97 Å². The predicted octanol–water partition coefficient (Wildman–Crippen LogP) is 3.21. The number of hydrogen-bond donors (Lipinski definition) is 1. The number of nitro groups is 1. The first-order chi connectivity index (χ1) is 9.38. The van der Waals surface area contributed by atoms with Crippen LogP contribution in [-0.2, 0) is 0 Å². The van der Waals surface area contributed by atoms with E-state index in [-0.39, 0.29) is 27.4 Å². The highest BCUT2D eigenvalue weighted by Crippen LogP contribution is 2.39. The number of hydrogen-bond acceptors (Lipinski definition) is 6. The van der Waals surface area contributed by atoms with Gasteiger partial charge in [0.05, 0.1) is 21.2 Å². The van der Waals surface area contributed by atoms with E-state index in [1.165, 1.54) is 0 Å². The van der Waals surface area contributed by atoms with Gasteiger partial charge in [0.2, 0.25) is 11.8 Å². The number of ether oxygens (including phenoxy) is 1. The quantitative estimate of drug-likeness (QED) is 0.688. The van der Waals surface area contributed by atoms with Gasteiger partial charge in [0, 0.05) is 12.1 Å². The van der Waals surface area contributed by atoms with Gasteiger partial charge in [-0.05, 0) is 0 Å². The molecular formula is C10H5Cl2FN4O3. The first-order valence-electron chi connectivity index (χ1n) is 4.98. The third-order valence-corrected chi connectivity index (χ3v) is 2.68. The van der Waals surface area contributed by atoms with E-state index in [0.717, 1.165) is 18.3 Å². The Kier molecular flexibility index (Phi) is 3.86. The Labute approximate surface area is 121 Å². The molecule has 0 radical (unpaired) electrons. The number of nitrogens with two attached hydrogens (primary N) is 1. The van der Waals surface area contributed by atoms with E-state index in [4.69, 9.17) is 33.7 Å². The van der Waals surface area contributed by atoms with Gasteiger partial charge in [0.1, 0.15) is 0 Å². The third kappa shape index (κ3) is 2.86. The zero-order valence-electron chi connectivity index (χ0n) is 9.51. The molecule has 0 saturated carbocycles. The molecule has 1 aromatic heterocycles. The molecular weight excluding hydrogens is 314 g/mol. The van der Waals surface area contributed by atoms with Crippen molar-refractivity contribution in [1.82, 2.24) is 9.97 Å². The Balaban J connectivity index is 2.44. The summed E-state index contributed by atoms with van der Waals surface area (Å²) in [6.07, 6.45) is 0.810. The molecule has 7 nitrogen and oxygen atoms in total. The molecule has 1 aromatic carbocycles. The van der Waals surface area contributed by atoms with E-state index in [1.54, 1.807) is 0 Å². The number of nitro benzene ring substituents is 1. The Morgan fingerprint density at radius 1 is 1.35 bits per heavy atom. The van der Waals surface area contributed by atoms with Gasteiger partial charge in [-0.2, -0.15) is 9.37 Å². The maximum atomic E-state index is 13.4. The maximum absolute atomic E-state index is 13.4. The molecule has 0 saturated heterocycles. The van der Waals surface area contributed by atoms with Crippen LogP contribution in [-0.4, -0.2) is 14.9 Å². The number of aromatic nitrogens is 2. The smallest absolute Gasteiger partial charge is 0.272 e. The molecule has 0 fully saturated rings. The number of nitrogens with zero attached hydrogens (tertiary/aromatic N) is 3. The number of rotatable bonds is 3. The van der Waals surface area contributed by atoms with Gasteiger partial charge in [-0.3, -0.25) is 10.1 Å². The molecule has 0 unspecified atom stereocenters. The minimum Gasteiger partial charge on any atom is -0.433 e. The Morgan fingerprint density at radius 3 is 2.50 bits per heavy atom. The molecule has 10 heteroatoms. The van der Waals surface area contributed by atoms with Gasteiger partial charge < -0.3 is 10.5 Å². The fourth-order valence-electron chi connectivity index (χ4n) is 1.28. The molecule has 104 valence electrons. The maximum Gasteiger partial charge on any atom is 0.272 e. The van der Waals surface area contributed by atoms with Crippen LogP contribution in [0.5, 0.6) is 11.6 Å². The standard InChI is InChI=1S/C10H5Cl2FN4O3/c11-5-1-4(17(18)19)2-6(12)8(5)20-9-7(13)3-15-10(14)16-9/h1-3H,(H2,14,15,16). The van der Waals surface area contributed by atoms with Gasteiger partial charge in [-0.25, -0.2) is 4.98 Å². The Morgan fingerprint density at radius 2 is 1.95 bits per heavy atom. The van der Waals surface area contributed by atoms with Crippen molar-refractivity contribution < 1.29 is 14.1 Å². The lowest BCUT2D eigenvalue weighted by molar-refractivity contribution is -0.384. The third-order valence-electron chi connectivity index (χ3n) is 2.12. The lowest BCUT2D eigenvalue weighted by Crippen LogP contribution is -2.00. The Bertz CT molecular complexity index is 675. The fourth-order valence-corrected chi connectivity index (χ4v) is 1.83. The van der Waals surface area contributed by atoms with E-state index in [9.17, 15) is 14.5 Å². The molecule has 0 atom stereocenters. The number of nitrogen functional groups attached to an aromatic ring is 1. The zero-order valence-corrected chi connectivity index (χ0v) is 11.0. The van der Waals surface area contributed by atoms with Crippen molar-refractivity contribution >= 4 is 34.8 Å². The van der Waals surface area contributed by atoms with Crippen LogP contribution in [0.2, 0.25) is 10.0 Å². The average molecular weight is 319 g/mol. The fraction of sp³-hybridized carbons (Fsp3) is 0. The van der Waals surface area contributed by atoms with Crippen molar-refractivity contribution in [3.8, 4) is 11.6 Å². The molecule has 2 rings (SSSR count). The Hall–Kier alpha value is -2.19. The van der Waals surface area contributed by atoms with Gasteiger partial charge in [-0.1, -0.05) is 23.2 Å². The van der Waals surface area contributed by atoms with Crippen molar-refractivity contribution in [3.05, 3.63) is 44.3 Å². The molecule has 0 amide bonds. The van der Waals surface area contributed by atoms with Crippen LogP contribution in [0.3, 0.4) is 0 Å². The molecule has 2 N–H and O–H groups in total. The molecule has 0 aliphatic carbocycles. The predicted molar refractivity (Wildman–Crippen MR) is 69.6 cm³/mol. The van der Waals surface area contributed by atoms with Crippen LogP contribution < -0.4 is 10.5 Å². The van der Waals surface area contributed by atoms with Crippen molar-refractivity contribution in [2.45, 2.75) is 0 Å². The molecule has 20 heavy (non-hydrogen) atoms. The van der Waals surface area contributed by atoms with Crippen LogP contribution >= 0.6 is 23.2 Å². The van der Waals surface area contributed by atoms with Crippen LogP contribution in [0, 0.1) is 15.9 Å². The summed E-state index contributed by atoms with van der Waals surface area (Å²) in [6, 6.07) is 2.04. The summed E-state index contributed by atoms with van der Waals surface area (Å²) in [5.74, 6) is -1.76. The van der Waals surface area contributed by atoms with Gasteiger partial charge in [0.15, 0.2) is 5.75 Å². The first kappa shape index (κ1) is 14.2. The summed E-state index contributed by atoms with van der Waals surface area (Å²) in [7, 11) is 0. The van der Waals surface area contributed by atoms with Gasteiger partial charge in [0.25, 0.3) is 11.6 Å². The monoisotopic (exact) mass is 318 g/mol. The minimum atomic E-state index is -0.885. The van der Waals surface area contributed by atoms with Crippen molar-refractivity contribution in [3.63, 3.8) is 0 Å². The number of non-ortho nitro benzene ring substituents is 1. The number of halogens is 3. The van der Waals surface area contributed by atoms with Crippen molar-refractivity contribution in [1.29, 1.82) is 0 Å². The molecule has 0 bridgehead atoms. The molecule has 2 aromatic rings. The topological polar surface area (TPSA) is 104 Å². The molecule has 0 aliphatic rings. The molecule has 1 heterocycles. The number of benzene rings is 1. The lowest BCUT2D eigenvalue weighted by Gasteiger charge is -2.09. The first-order valence-corrected chi connectivity index (χ1v) is 5.73. The van der Waals surface area contributed by atoms with Crippen molar-refractivity contribution in [2.75, 3.05) is 5.73 Å². The summed E-state index contributed by atoms with van der Waals surface area (Å²) >= 11 is 11.6. The molecule has 0 aliphatic heterocycles. The van der Waals surface area contributed by atoms with Gasteiger partial charge >= 0.3 is 0 Å². The normalized spacial score (nSPS) is 10.3. The summed E-state index contributed by atoms with van der Waals surface area (Å²) in [5, 5.41) is 10.3. The van der Waals surface area contributed by atoms with Crippen LogP contribution in [0.4, 0.5) is 16.0 Å². The summed E-state index contributed by atoms with van der Waals surface area (Å²) in [4.78, 5) is 16.9. The van der Waals surface area contributed by atoms with Crippen LogP contribution in [0.25, 0.3) is 0 Å². The van der Waals surface area contributed by atoms with E-state index in [1.807, 2.05) is 0 Å². The zero-order chi connectivity index (χ0) is 14.9. The summed E-state index contributed by atoms with van der Waals surface area (Å²) < 4.78 is 18.5. The lowest BCUT2D eigenvalue weighted by atomic mass is 10.3. The summed E-state index contributed by atoms with van der Waals surface area (Å²) in [6.45, 7) is 0. The van der Waals surface area contributed by atoms with Crippen molar-refractivity contribution in [2.24, 2.45) is 0 Å². The average Bonchev–Trinajstić information content (AvgIpc) is 2.37. The SMILES string of the molecule is Nc1ncc(F)c(Oc2c(Cl)cc([N+](=O)[O-])cc2Cl)n1. The molecule has 0 spiro atoms. The second kappa shape index (κ2) is 5.43. The van der Waals surface area contributed by atoms with E-state index < -0.39 is 16.6 Å². The largest absolute Gasteiger partial charge is 0.433 e. The number of anilines is 1. The van der Waals surface area contributed by atoms with E-state index in [0.29, 0.717) is 0 Å². The highest BCUT2D eigenvalue weighted by Gasteiger charge is 2.18. The highest BCUT2D eigenvalue weighted by atomic mass is 35.5. The summed E-state index contributed by atoms with van der Waals surface area (Å²) in [5.41, 5.74) is 4.97.